The lowest BCUT2D eigenvalue weighted by Crippen LogP contribution is -2.21. The molecule has 4 atom stereocenters. The molecule has 0 aromatic carbocycles. The maximum Gasteiger partial charge on any atom is 0.0701 e. The Labute approximate surface area is 116 Å². The van der Waals surface area contributed by atoms with Crippen LogP contribution in [-0.4, -0.2) is 7.05 Å². The van der Waals surface area contributed by atoms with Crippen molar-refractivity contribution >= 4 is 27.3 Å². The molecule has 1 N–H and O–H groups in total. The first kappa shape index (κ1) is 12.2. The lowest BCUT2D eigenvalue weighted by Gasteiger charge is -2.26. The molecule has 3 heteroatoms. The third-order valence-corrected chi connectivity index (χ3v) is 6.45. The van der Waals surface area contributed by atoms with Crippen molar-refractivity contribution in [2.24, 2.45) is 17.8 Å². The van der Waals surface area contributed by atoms with Crippen molar-refractivity contribution in [1.29, 1.82) is 0 Å². The number of thiophene rings is 1. The fourth-order valence-electron chi connectivity index (χ4n) is 3.86. The highest BCUT2D eigenvalue weighted by Gasteiger charge is 2.40. The summed E-state index contributed by atoms with van der Waals surface area (Å²) in [6.45, 7) is 0. The molecule has 1 nitrogen and oxygen atoms in total. The van der Waals surface area contributed by atoms with Gasteiger partial charge in [-0.2, -0.15) is 0 Å². The van der Waals surface area contributed by atoms with Crippen molar-refractivity contribution < 1.29 is 0 Å². The Hall–Kier alpha value is 0.140. The average Bonchev–Trinajstić information content (AvgIpc) is 3.01. The van der Waals surface area contributed by atoms with E-state index < -0.39 is 0 Å². The molecule has 4 unspecified atom stereocenters. The molecule has 3 rings (SSSR count). The smallest absolute Gasteiger partial charge is 0.0701 e. The van der Waals surface area contributed by atoms with E-state index in [1.54, 1.807) is 0 Å². The fourth-order valence-corrected chi connectivity index (χ4v) is 5.41. The molecule has 2 aliphatic carbocycles. The Morgan fingerprint density at radius 2 is 2.29 bits per heavy atom. The van der Waals surface area contributed by atoms with E-state index >= 15 is 0 Å². The minimum atomic E-state index is 0.565. The van der Waals surface area contributed by atoms with E-state index in [4.69, 9.17) is 0 Å². The summed E-state index contributed by atoms with van der Waals surface area (Å²) in [7, 11) is 2.10. The van der Waals surface area contributed by atoms with Gasteiger partial charge in [-0.3, -0.25) is 0 Å². The predicted molar refractivity (Wildman–Crippen MR) is 77.4 cm³/mol. The maximum atomic E-state index is 3.57. The van der Waals surface area contributed by atoms with Crippen LogP contribution in [0.5, 0.6) is 0 Å². The van der Waals surface area contributed by atoms with E-state index in [0.29, 0.717) is 6.04 Å². The summed E-state index contributed by atoms with van der Waals surface area (Å²) in [4.78, 5) is 1.49. The maximum absolute atomic E-state index is 3.57. The molecule has 94 valence electrons. The summed E-state index contributed by atoms with van der Waals surface area (Å²) in [6, 6.07) is 5.00. The zero-order valence-corrected chi connectivity index (χ0v) is 12.7. The molecule has 2 aliphatic rings. The van der Waals surface area contributed by atoms with Crippen LogP contribution in [0, 0.1) is 17.8 Å². The minimum absolute atomic E-state index is 0.565. The van der Waals surface area contributed by atoms with E-state index in [1.807, 2.05) is 11.3 Å². The molecule has 2 fully saturated rings. The molecule has 2 bridgehead atoms. The van der Waals surface area contributed by atoms with Gasteiger partial charge in [0.05, 0.1) is 3.79 Å². The van der Waals surface area contributed by atoms with E-state index in [9.17, 15) is 0 Å². The number of halogens is 1. The first-order valence-electron chi connectivity index (χ1n) is 6.68. The van der Waals surface area contributed by atoms with E-state index in [2.05, 4.69) is 40.4 Å². The van der Waals surface area contributed by atoms with E-state index in [-0.39, 0.29) is 0 Å². The van der Waals surface area contributed by atoms with Crippen molar-refractivity contribution in [3.8, 4) is 0 Å². The highest BCUT2D eigenvalue weighted by Crippen LogP contribution is 2.51. The van der Waals surface area contributed by atoms with Gasteiger partial charge in [-0.05, 0) is 78.5 Å². The zero-order chi connectivity index (χ0) is 11.8. The normalized spacial score (nSPS) is 33.2. The van der Waals surface area contributed by atoms with Gasteiger partial charge in [0.1, 0.15) is 0 Å². The van der Waals surface area contributed by atoms with Crippen LogP contribution in [0.3, 0.4) is 0 Å². The molecular formula is C14H20BrNS. The second kappa shape index (κ2) is 5.02. The van der Waals surface area contributed by atoms with E-state index in [0.717, 1.165) is 17.8 Å². The summed E-state index contributed by atoms with van der Waals surface area (Å²) in [5.74, 6) is 3.09. The highest BCUT2D eigenvalue weighted by atomic mass is 79.9. The first-order valence-corrected chi connectivity index (χ1v) is 8.29. The second-order valence-electron chi connectivity index (χ2n) is 5.65. The molecule has 17 heavy (non-hydrogen) atoms. The molecule has 0 radical (unpaired) electrons. The summed E-state index contributed by atoms with van der Waals surface area (Å²) in [5, 5.41) is 3.51. The first-order chi connectivity index (χ1) is 8.26. The highest BCUT2D eigenvalue weighted by molar-refractivity contribution is 9.11. The van der Waals surface area contributed by atoms with Gasteiger partial charge in [-0.25, -0.2) is 0 Å². The van der Waals surface area contributed by atoms with Gasteiger partial charge in [0.15, 0.2) is 0 Å². The Balaban J connectivity index is 1.66. The molecule has 1 aromatic heterocycles. The summed E-state index contributed by atoms with van der Waals surface area (Å²) in [6.07, 6.45) is 7.37. The summed E-state index contributed by atoms with van der Waals surface area (Å²) in [5.41, 5.74) is 0. The average molecular weight is 314 g/mol. The fraction of sp³-hybridized carbons (Fsp3) is 0.714. The zero-order valence-electron chi connectivity index (χ0n) is 10.3. The van der Waals surface area contributed by atoms with Crippen LogP contribution in [0.4, 0.5) is 0 Å². The molecule has 0 spiro atoms. The number of rotatable bonds is 4. The lowest BCUT2D eigenvalue weighted by molar-refractivity contribution is 0.285. The predicted octanol–water partition coefficient (Wildman–Crippen LogP) is 4.60. The van der Waals surface area contributed by atoms with Gasteiger partial charge in [-0.1, -0.05) is 6.42 Å². The van der Waals surface area contributed by atoms with Gasteiger partial charge in [0.25, 0.3) is 0 Å². The third kappa shape index (κ3) is 2.47. The number of fused-ring (bicyclic) bond motifs is 2. The SMILES string of the molecule is CNC(CC1CC2CCC1C2)c1ccc(Br)s1. The number of nitrogens with one attached hydrogen (secondary N) is 1. The molecule has 2 saturated carbocycles. The van der Waals surface area contributed by atoms with Crippen molar-refractivity contribution in [2.75, 3.05) is 7.05 Å². The van der Waals surface area contributed by atoms with Crippen molar-refractivity contribution in [1.82, 2.24) is 5.32 Å². The monoisotopic (exact) mass is 313 g/mol. The van der Waals surface area contributed by atoms with Crippen LogP contribution in [0.25, 0.3) is 0 Å². The van der Waals surface area contributed by atoms with Gasteiger partial charge >= 0.3 is 0 Å². The molecule has 1 aromatic rings. The second-order valence-corrected chi connectivity index (χ2v) is 8.15. The van der Waals surface area contributed by atoms with Crippen LogP contribution in [0.1, 0.15) is 43.0 Å². The van der Waals surface area contributed by atoms with Crippen molar-refractivity contribution in [3.63, 3.8) is 0 Å². The Morgan fingerprint density at radius 1 is 1.41 bits per heavy atom. The lowest BCUT2D eigenvalue weighted by atomic mass is 9.84. The molecule has 0 saturated heterocycles. The summed E-state index contributed by atoms with van der Waals surface area (Å²) < 4.78 is 1.25. The minimum Gasteiger partial charge on any atom is -0.312 e. The number of hydrogen-bond acceptors (Lipinski definition) is 2. The molecule has 0 aliphatic heterocycles. The van der Waals surface area contributed by atoms with Gasteiger partial charge in [0, 0.05) is 10.9 Å². The number of hydrogen-bond donors (Lipinski definition) is 1. The van der Waals surface area contributed by atoms with Crippen molar-refractivity contribution in [2.45, 2.75) is 38.1 Å². The Morgan fingerprint density at radius 3 is 2.82 bits per heavy atom. The van der Waals surface area contributed by atoms with Gasteiger partial charge in [-0.15, -0.1) is 11.3 Å². The largest absolute Gasteiger partial charge is 0.312 e. The molecule has 1 heterocycles. The Kier molecular flexibility index (Phi) is 3.60. The quantitative estimate of drug-likeness (QED) is 0.856. The third-order valence-electron chi connectivity index (χ3n) is 4.71. The van der Waals surface area contributed by atoms with Crippen LogP contribution >= 0.6 is 27.3 Å². The topological polar surface area (TPSA) is 12.0 Å². The standard InChI is InChI=1S/C14H20BrNS/c1-16-12(13-4-5-14(15)17-13)8-11-7-9-2-3-10(11)6-9/h4-5,9-12,16H,2-3,6-8H2,1H3. The van der Waals surface area contributed by atoms with Gasteiger partial charge in [0.2, 0.25) is 0 Å². The van der Waals surface area contributed by atoms with E-state index in [1.165, 1.54) is 40.8 Å². The molecule has 0 amide bonds. The Bertz CT molecular complexity index is 389. The summed E-state index contributed by atoms with van der Waals surface area (Å²) >= 11 is 5.44. The van der Waals surface area contributed by atoms with Gasteiger partial charge < -0.3 is 5.32 Å². The van der Waals surface area contributed by atoms with Crippen LogP contribution < -0.4 is 5.32 Å². The molecular weight excluding hydrogens is 294 g/mol. The van der Waals surface area contributed by atoms with Crippen LogP contribution in [0.15, 0.2) is 15.9 Å². The van der Waals surface area contributed by atoms with Crippen LogP contribution in [-0.2, 0) is 0 Å². The van der Waals surface area contributed by atoms with Crippen LogP contribution in [0.2, 0.25) is 0 Å². The van der Waals surface area contributed by atoms with Crippen molar-refractivity contribution in [3.05, 3.63) is 20.8 Å².